The molecule has 0 radical (unpaired) electrons. The molecule has 1 aliphatic rings. The summed E-state index contributed by atoms with van der Waals surface area (Å²) < 4.78 is 10.6. The third kappa shape index (κ3) is 6.05. The molecule has 1 aliphatic carbocycles. The number of hydrogen-bond donors (Lipinski definition) is 2. The van der Waals surface area contributed by atoms with Crippen LogP contribution in [0, 0.1) is 0 Å². The minimum absolute atomic E-state index is 0.123. The van der Waals surface area contributed by atoms with E-state index < -0.39 is 5.60 Å². The molecular weight excluding hydrogens is 435 g/mol. The van der Waals surface area contributed by atoms with Gasteiger partial charge >= 0.3 is 6.09 Å². The first-order chi connectivity index (χ1) is 11.8. The number of carbonyl (C=O) groups is 2. The maximum Gasteiger partial charge on any atom is 0.407 e. The van der Waals surface area contributed by atoms with Crippen LogP contribution < -0.4 is 13.7 Å². The van der Waals surface area contributed by atoms with Gasteiger partial charge in [-0.2, -0.15) is 0 Å². The summed E-state index contributed by atoms with van der Waals surface area (Å²) in [4.78, 5) is 22.7. The molecule has 2 rings (SSSR count). The average Bonchev–Trinajstić information content (AvgIpc) is 2.54. The molecule has 25 heavy (non-hydrogen) atoms. The third-order valence-corrected chi connectivity index (χ3v) is 4.72. The smallest absolute Gasteiger partial charge is 0.407 e. The molecule has 1 saturated carbocycles. The fourth-order valence-corrected chi connectivity index (χ4v) is 3.42. The van der Waals surface area contributed by atoms with Crippen LogP contribution in [0.3, 0.4) is 0 Å². The average molecular weight is 460 g/mol. The number of amides is 2. The summed E-state index contributed by atoms with van der Waals surface area (Å²) in [5, 5.41) is 5.72. The van der Waals surface area contributed by atoms with Crippen molar-refractivity contribution in [3.8, 4) is 5.75 Å². The van der Waals surface area contributed by atoms with Gasteiger partial charge in [0, 0.05) is 11.7 Å². The van der Waals surface area contributed by atoms with Crippen LogP contribution in [0.5, 0.6) is 5.75 Å². The van der Waals surface area contributed by atoms with E-state index in [4.69, 9.17) is 7.80 Å². The van der Waals surface area contributed by atoms with E-state index in [-0.39, 0.29) is 12.1 Å². The summed E-state index contributed by atoms with van der Waals surface area (Å²) in [6.07, 6.45) is 3.94. The Hall–Kier alpha value is -1.51. The Labute approximate surface area is 162 Å². The van der Waals surface area contributed by atoms with Crippen molar-refractivity contribution in [1.82, 2.24) is 5.32 Å². The van der Waals surface area contributed by atoms with Crippen LogP contribution in [0.25, 0.3) is 0 Å². The Balaban J connectivity index is 1.97. The molecule has 2 amide bonds. The number of benzene rings is 1. The monoisotopic (exact) mass is 460 g/mol. The zero-order valence-corrected chi connectivity index (χ0v) is 17.0. The second-order valence-corrected chi connectivity index (χ2v) is 7.72. The molecule has 1 fully saturated rings. The van der Waals surface area contributed by atoms with E-state index >= 15 is 0 Å². The number of anilines is 1. The molecule has 1 aromatic rings. The van der Waals surface area contributed by atoms with Crippen LogP contribution in [0.15, 0.2) is 18.2 Å². The number of nitrogens with one attached hydrogen (secondary N) is 2. The zero-order chi connectivity index (χ0) is 18.4. The predicted molar refractivity (Wildman–Crippen MR) is 105 cm³/mol. The quantitative estimate of drug-likeness (QED) is 0.500. The van der Waals surface area contributed by atoms with Gasteiger partial charge in [-0.1, -0.05) is 0 Å². The van der Waals surface area contributed by atoms with Crippen LogP contribution in [-0.4, -0.2) is 24.1 Å². The van der Waals surface area contributed by atoms with Crippen LogP contribution >= 0.6 is 23.0 Å². The third-order valence-electron chi connectivity index (χ3n) is 4.21. The lowest BCUT2D eigenvalue weighted by Crippen LogP contribution is -2.40. The van der Waals surface area contributed by atoms with Crippen molar-refractivity contribution in [2.75, 3.05) is 5.32 Å². The van der Waals surface area contributed by atoms with Crippen LogP contribution in [-0.2, 0) is 9.53 Å². The van der Waals surface area contributed by atoms with E-state index in [0.29, 0.717) is 12.3 Å². The molecular formula is C18H25IN2O4. The van der Waals surface area contributed by atoms with Crippen molar-refractivity contribution in [3.05, 3.63) is 23.8 Å². The first-order valence-corrected chi connectivity index (χ1v) is 9.32. The van der Waals surface area contributed by atoms with Crippen LogP contribution in [0.2, 0.25) is 0 Å². The lowest BCUT2D eigenvalue weighted by molar-refractivity contribution is -0.105. The van der Waals surface area contributed by atoms with Crippen molar-refractivity contribution in [2.45, 2.75) is 64.0 Å². The van der Waals surface area contributed by atoms with E-state index in [2.05, 4.69) is 10.6 Å². The zero-order valence-electron chi connectivity index (χ0n) is 14.8. The molecule has 0 atom stereocenters. The van der Waals surface area contributed by atoms with Gasteiger partial charge in [-0.3, -0.25) is 4.79 Å². The Morgan fingerprint density at radius 2 is 1.92 bits per heavy atom. The van der Waals surface area contributed by atoms with Gasteiger partial charge in [0.05, 0.1) is 0 Å². The maximum atomic E-state index is 11.9. The van der Waals surface area contributed by atoms with Gasteiger partial charge in [-0.25, -0.2) is 4.79 Å². The number of rotatable bonds is 5. The van der Waals surface area contributed by atoms with Gasteiger partial charge in [0.25, 0.3) is 0 Å². The summed E-state index contributed by atoms with van der Waals surface area (Å²) in [6.45, 7) is 5.56. The first-order valence-electron chi connectivity index (χ1n) is 8.44. The largest absolute Gasteiger partial charge is 0.444 e. The van der Waals surface area contributed by atoms with E-state index in [1.54, 1.807) is 0 Å². The van der Waals surface area contributed by atoms with Crippen LogP contribution in [0.4, 0.5) is 10.5 Å². The van der Waals surface area contributed by atoms with Crippen molar-refractivity contribution < 1.29 is 17.4 Å². The highest BCUT2D eigenvalue weighted by Gasteiger charge is 2.27. The van der Waals surface area contributed by atoms with E-state index in [1.807, 2.05) is 62.0 Å². The SMILES string of the molecule is CC(C)(C)OC(=O)NC1CCC(c2cc(OI)ccc2NC=O)CC1. The summed E-state index contributed by atoms with van der Waals surface area (Å²) in [6, 6.07) is 5.79. The summed E-state index contributed by atoms with van der Waals surface area (Å²) in [7, 11) is 0. The van der Waals surface area contributed by atoms with Gasteiger partial charge < -0.3 is 18.4 Å². The molecule has 0 saturated heterocycles. The second kappa shape index (κ2) is 8.73. The molecule has 0 heterocycles. The van der Waals surface area contributed by atoms with E-state index in [0.717, 1.165) is 42.7 Å². The number of ether oxygens (including phenoxy) is 1. The topological polar surface area (TPSA) is 76.7 Å². The molecule has 1 aromatic carbocycles. The number of hydrogen-bond acceptors (Lipinski definition) is 4. The predicted octanol–water partition coefficient (Wildman–Crippen LogP) is 4.53. The highest BCUT2D eigenvalue weighted by atomic mass is 127. The molecule has 0 aromatic heterocycles. The van der Waals surface area contributed by atoms with Gasteiger partial charge in [0.15, 0.2) is 23.0 Å². The number of halogens is 1. The number of alkyl carbamates (subject to hydrolysis) is 1. The van der Waals surface area contributed by atoms with E-state index in [9.17, 15) is 9.59 Å². The normalized spacial score (nSPS) is 20.5. The Kier molecular flexibility index (Phi) is 6.92. The fraction of sp³-hybridized carbons (Fsp3) is 0.556. The van der Waals surface area contributed by atoms with Gasteiger partial charge in [0.1, 0.15) is 11.4 Å². The molecule has 7 heteroatoms. The maximum absolute atomic E-state index is 11.9. The minimum atomic E-state index is -0.490. The molecule has 6 nitrogen and oxygen atoms in total. The lowest BCUT2D eigenvalue weighted by Gasteiger charge is -2.31. The summed E-state index contributed by atoms with van der Waals surface area (Å²) in [5.74, 6) is 1.09. The summed E-state index contributed by atoms with van der Waals surface area (Å²) in [5.41, 5.74) is 1.41. The second-order valence-electron chi connectivity index (χ2n) is 7.28. The fourth-order valence-electron chi connectivity index (χ4n) is 3.14. The van der Waals surface area contributed by atoms with Crippen molar-refractivity contribution in [2.24, 2.45) is 0 Å². The van der Waals surface area contributed by atoms with Crippen molar-refractivity contribution >= 4 is 41.2 Å². The minimum Gasteiger partial charge on any atom is -0.444 e. The van der Waals surface area contributed by atoms with Crippen molar-refractivity contribution in [1.29, 1.82) is 0 Å². The molecule has 0 aliphatic heterocycles. The molecule has 0 unspecified atom stereocenters. The Bertz CT molecular complexity index is 608. The first kappa shape index (κ1) is 19.8. The Morgan fingerprint density at radius 3 is 2.48 bits per heavy atom. The molecule has 0 bridgehead atoms. The highest BCUT2D eigenvalue weighted by molar-refractivity contribution is 14.1. The van der Waals surface area contributed by atoms with Crippen LogP contribution in [0.1, 0.15) is 57.9 Å². The van der Waals surface area contributed by atoms with Gasteiger partial charge in [0.2, 0.25) is 6.41 Å². The lowest BCUT2D eigenvalue weighted by atomic mass is 9.81. The Morgan fingerprint density at radius 1 is 1.24 bits per heavy atom. The highest BCUT2D eigenvalue weighted by Crippen LogP contribution is 2.38. The van der Waals surface area contributed by atoms with Gasteiger partial charge in [-0.05, 0) is 76.1 Å². The number of carbonyl (C=O) groups excluding carboxylic acids is 2. The van der Waals surface area contributed by atoms with Gasteiger partial charge in [-0.15, -0.1) is 0 Å². The summed E-state index contributed by atoms with van der Waals surface area (Å²) >= 11 is 1.85. The molecule has 0 spiro atoms. The molecule has 138 valence electrons. The van der Waals surface area contributed by atoms with E-state index in [1.165, 1.54) is 0 Å². The molecule has 2 N–H and O–H groups in total. The standard InChI is InChI=1S/C18H25IN2O4/c1-18(2,3)24-17(23)21-13-6-4-12(5-7-13)15-10-14(25-19)8-9-16(15)20-11-22/h8-13H,4-7H2,1-3H3,(H,20,22)(H,21,23). The van der Waals surface area contributed by atoms with Crippen molar-refractivity contribution in [3.63, 3.8) is 0 Å².